The average Bonchev–Trinajstić information content (AvgIpc) is 2.96. The third-order valence-corrected chi connectivity index (χ3v) is 3.66. The molecule has 1 atom stereocenters. The lowest BCUT2D eigenvalue weighted by Gasteiger charge is -2.14. The highest BCUT2D eigenvalue weighted by Crippen LogP contribution is 2.15. The van der Waals surface area contributed by atoms with Crippen molar-refractivity contribution in [2.45, 2.75) is 19.6 Å². The van der Waals surface area contributed by atoms with Gasteiger partial charge in [0.15, 0.2) is 6.10 Å². The topological polar surface area (TPSA) is 126 Å². The smallest absolute Gasteiger partial charge is 0.326 e. The van der Waals surface area contributed by atoms with E-state index >= 15 is 0 Å². The minimum Gasteiger partial charge on any atom is -0.451 e. The largest absolute Gasteiger partial charge is 0.451 e. The van der Waals surface area contributed by atoms with Crippen LogP contribution in [0.2, 0.25) is 0 Å². The number of rotatable bonds is 5. The van der Waals surface area contributed by atoms with E-state index in [1.165, 1.54) is 23.8 Å². The summed E-state index contributed by atoms with van der Waals surface area (Å²) in [7, 11) is 0. The van der Waals surface area contributed by atoms with Crippen molar-refractivity contribution in [3.05, 3.63) is 63.4 Å². The molecule has 3 aromatic rings. The highest BCUT2D eigenvalue weighted by atomic mass is 16.5. The van der Waals surface area contributed by atoms with Crippen LogP contribution in [0.4, 0.5) is 5.69 Å². The maximum atomic E-state index is 12.2. The van der Waals surface area contributed by atoms with Crippen molar-refractivity contribution in [1.29, 1.82) is 0 Å². The monoisotopic (exact) mass is 356 g/mol. The molecule has 0 bridgehead atoms. The van der Waals surface area contributed by atoms with Crippen LogP contribution in [0.3, 0.4) is 0 Å². The minimum atomic E-state index is -1.05. The number of fused-ring (bicyclic) bond motifs is 1. The van der Waals surface area contributed by atoms with E-state index in [1.54, 1.807) is 30.3 Å². The Bertz CT molecular complexity index is 1080. The number of imidazole rings is 1. The molecular formula is C17H16N4O5. The molecule has 26 heavy (non-hydrogen) atoms. The van der Waals surface area contributed by atoms with E-state index in [4.69, 9.17) is 4.74 Å². The molecule has 0 aliphatic rings. The minimum absolute atomic E-state index is 0.284. The van der Waals surface area contributed by atoms with E-state index in [0.29, 0.717) is 16.7 Å². The van der Waals surface area contributed by atoms with Crippen LogP contribution in [0.15, 0.2) is 52.2 Å². The number of benzene rings is 1. The third kappa shape index (κ3) is 3.89. The summed E-state index contributed by atoms with van der Waals surface area (Å²) in [5.41, 5.74) is 0.916. The highest BCUT2D eigenvalue weighted by molar-refractivity contribution is 5.96. The lowest BCUT2D eigenvalue weighted by atomic mass is 10.2. The first-order valence-corrected chi connectivity index (χ1v) is 7.80. The molecule has 0 fully saturated rings. The van der Waals surface area contributed by atoms with Crippen molar-refractivity contribution >= 4 is 28.6 Å². The molecule has 0 aliphatic heterocycles. The highest BCUT2D eigenvalue weighted by Gasteiger charge is 2.18. The molecule has 2 heterocycles. The molecule has 3 rings (SSSR count). The van der Waals surface area contributed by atoms with Gasteiger partial charge in [-0.1, -0.05) is 6.07 Å². The number of pyridine rings is 1. The zero-order valence-electron chi connectivity index (χ0n) is 13.8. The van der Waals surface area contributed by atoms with E-state index in [9.17, 15) is 19.2 Å². The number of aromatic nitrogens is 3. The van der Waals surface area contributed by atoms with Crippen LogP contribution in [0.5, 0.6) is 0 Å². The van der Waals surface area contributed by atoms with Crippen molar-refractivity contribution in [3.63, 3.8) is 0 Å². The summed E-state index contributed by atoms with van der Waals surface area (Å²) in [4.78, 5) is 52.1. The van der Waals surface area contributed by atoms with Crippen LogP contribution in [-0.2, 0) is 20.9 Å². The predicted molar refractivity (Wildman–Crippen MR) is 93.8 cm³/mol. The van der Waals surface area contributed by atoms with Crippen molar-refractivity contribution in [2.75, 3.05) is 5.32 Å². The summed E-state index contributed by atoms with van der Waals surface area (Å²) in [5.74, 6) is -1.23. The number of amides is 1. The Morgan fingerprint density at radius 2 is 1.92 bits per heavy atom. The number of ether oxygens (including phenoxy) is 1. The molecule has 3 N–H and O–H groups in total. The summed E-state index contributed by atoms with van der Waals surface area (Å²) in [6, 6.07) is 9.35. The van der Waals surface area contributed by atoms with Gasteiger partial charge >= 0.3 is 11.7 Å². The third-order valence-electron chi connectivity index (χ3n) is 3.66. The first-order chi connectivity index (χ1) is 12.4. The van der Waals surface area contributed by atoms with Crippen molar-refractivity contribution < 1.29 is 14.3 Å². The fourth-order valence-corrected chi connectivity index (χ4v) is 2.37. The zero-order chi connectivity index (χ0) is 18.7. The zero-order valence-corrected chi connectivity index (χ0v) is 13.8. The Hall–Kier alpha value is -3.62. The van der Waals surface area contributed by atoms with E-state index in [2.05, 4.69) is 15.3 Å². The molecule has 0 radical (unpaired) electrons. The van der Waals surface area contributed by atoms with Gasteiger partial charge < -0.3 is 24.6 Å². The number of nitrogens with one attached hydrogen (secondary N) is 3. The molecule has 1 aromatic carbocycles. The molecule has 9 nitrogen and oxygen atoms in total. The summed E-state index contributed by atoms with van der Waals surface area (Å²) in [5, 5.41) is 2.60. The fraction of sp³-hybridized carbons (Fsp3) is 0.176. The maximum absolute atomic E-state index is 12.2. The molecule has 0 saturated heterocycles. The van der Waals surface area contributed by atoms with Crippen molar-refractivity contribution in [1.82, 2.24) is 14.5 Å². The quantitative estimate of drug-likeness (QED) is 0.577. The van der Waals surface area contributed by atoms with E-state index in [0.717, 1.165) is 0 Å². The lowest BCUT2D eigenvalue weighted by molar-refractivity contribution is -0.153. The number of H-pyrrole nitrogens is 2. The van der Waals surface area contributed by atoms with Crippen molar-refractivity contribution in [3.8, 4) is 0 Å². The number of hydrogen-bond donors (Lipinski definition) is 3. The van der Waals surface area contributed by atoms with Crippen LogP contribution >= 0.6 is 0 Å². The van der Waals surface area contributed by atoms with Gasteiger partial charge in [-0.25, -0.2) is 4.79 Å². The molecule has 9 heteroatoms. The van der Waals surface area contributed by atoms with E-state index in [-0.39, 0.29) is 17.8 Å². The van der Waals surface area contributed by atoms with E-state index < -0.39 is 18.0 Å². The predicted octanol–water partition coefficient (Wildman–Crippen LogP) is 0.588. The van der Waals surface area contributed by atoms with Crippen LogP contribution in [0.25, 0.3) is 11.0 Å². The van der Waals surface area contributed by atoms with Gasteiger partial charge in [0, 0.05) is 18.0 Å². The molecule has 2 aromatic heterocycles. The number of carbonyl (C=O) groups is 2. The van der Waals surface area contributed by atoms with Crippen LogP contribution in [-0.4, -0.2) is 32.5 Å². The standard InChI is InChI=1S/C17H16N4O5/c1-10(26-15(23)9-21-7-3-2-4-14(21)22)16(24)18-11-5-6-12-13(8-11)20-17(25)19-12/h2-8,10H,9H2,1H3,(H,18,24)(H2,19,20,25)/t10-/m1/s1. The number of aromatic amines is 2. The van der Waals surface area contributed by atoms with Gasteiger partial charge in [0.05, 0.1) is 11.0 Å². The normalized spacial score (nSPS) is 11.9. The molecule has 1 amide bonds. The molecular weight excluding hydrogens is 340 g/mol. The summed E-state index contributed by atoms with van der Waals surface area (Å²) >= 11 is 0. The molecule has 0 unspecified atom stereocenters. The number of anilines is 1. The van der Waals surface area contributed by atoms with Crippen LogP contribution < -0.4 is 16.6 Å². The Labute approximate surface area is 146 Å². The number of hydrogen-bond acceptors (Lipinski definition) is 5. The number of esters is 1. The fourth-order valence-electron chi connectivity index (χ4n) is 2.37. The Kier molecular flexibility index (Phi) is 4.70. The van der Waals surface area contributed by atoms with Gasteiger partial charge in [0.1, 0.15) is 6.54 Å². The molecule has 0 spiro atoms. The second kappa shape index (κ2) is 7.09. The Morgan fingerprint density at radius 3 is 2.69 bits per heavy atom. The van der Waals surface area contributed by atoms with Gasteiger partial charge in [-0.05, 0) is 31.2 Å². The SMILES string of the molecule is C[C@@H](OC(=O)Cn1ccccc1=O)C(=O)Nc1ccc2[nH]c(=O)[nH]c2c1. The number of nitrogens with zero attached hydrogens (tertiary/aromatic N) is 1. The van der Waals surface area contributed by atoms with Crippen LogP contribution in [0.1, 0.15) is 6.92 Å². The summed E-state index contributed by atoms with van der Waals surface area (Å²) in [6.45, 7) is 1.14. The molecule has 134 valence electrons. The van der Waals surface area contributed by atoms with Gasteiger partial charge in [-0.15, -0.1) is 0 Å². The van der Waals surface area contributed by atoms with Gasteiger partial charge in [0.2, 0.25) is 0 Å². The Balaban J connectivity index is 1.61. The van der Waals surface area contributed by atoms with Gasteiger partial charge in [-0.3, -0.25) is 14.4 Å². The summed E-state index contributed by atoms with van der Waals surface area (Å²) < 4.78 is 6.24. The maximum Gasteiger partial charge on any atom is 0.326 e. The first kappa shape index (κ1) is 17.2. The Morgan fingerprint density at radius 1 is 1.15 bits per heavy atom. The first-order valence-electron chi connectivity index (χ1n) is 7.80. The average molecular weight is 356 g/mol. The second-order valence-electron chi connectivity index (χ2n) is 5.63. The van der Waals surface area contributed by atoms with E-state index in [1.807, 2.05) is 0 Å². The molecule has 0 aliphatic carbocycles. The van der Waals surface area contributed by atoms with Gasteiger partial charge in [-0.2, -0.15) is 0 Å². The number of carbonyl (C=O) groups excluding carboxylic acids is 2. The van der Waals surface area contributed by atoms with Crippen LogP contribution in [0, 0.1) is 0 Å². The lowest BCUT2D eigenvalue weighted by Crippen LogP contribution is -2.32. The van der Waals surface area contributed by atoms with Crippen molar-refractivity contribution in [2.24, 2.45) is 0 Å². The molecule has 0 saturated carbocycles. The van der Waals surface area contributed by atoms with Gasteiger partial charge in [0.25, 0.3) is 11.5 Å². The second-order valence-corrected chi connectivity index (χ2v) is 5.63. The summed E-state index contributed by atoms with van der Waals surface area (Å²) in [6.07, 6.45) is 0.407.